The van der Waals surface area contributed by atoms with Gasteiger partial charge in [0.2, 0.25) is 10.0 Å². The molecule has 1 aliphatic rings. The van der Waals surface area contributed by atoms with Gasteiger partial charge in [0.25, 0.3) is 0 Å². The molecule has 0 atom stereocenters. The number of rotatable bonds is 3. The van der Waals surface area contributed by atoms with Crippen LogP contribution in [0.3, 0.4) is 0 Å². The van der Waals surface area contributed by atoms with Crippen LogP contribution in [0.5, 0.6) is 0 Å². The Hall–Kier alpha value is -0.980. The quantitative estimate of drug-likeness (QED) is 0.853. The average molecular weight is 284 g/mol. The van der Waals surface area contributed by atoms with Gasteiger partial charge in [-0.15, -0.1) is 0 Å². The number of thiocarbonyl (C=S) groups is 1. The van der Waals surface area contributed by atoms with Crippen LogP contribution < -0.4 is 5.73 Å². The molecule has 6 heteroatoms. The molecule has 0 aliphatic carbocycles. The summed E-state index contributed by atoms with van der Waals surface area (Å²) in [4.78, 5) is 0.632. The van der Waals surface area contributed by atoms with Crippen molar-refractivity contribution in [1.29, 1.82) is 0 Å². The number of aryl methyl sites for hydroxylation is 1. The summed E-state index contributed by atoms with van der Waals surface area (Å²) in [5, 5.41) is 0. The average Bonchev–Trinajstić information content (AvgIpc) is 2.82. The lowest BCUT2D eigenvalue weighted by molar-refractivity contribution is 0.477. The summed E-state index contributed by atoms with van der Waals surface area (Å²) in [6, 6.07) is 4.99. The van der Waals surface area contributed by atoms with Crippen LogP contribution in [0, 0.1) is 6.92 Å². The predicted molar refractivity (Wildman–Crippen MR) is 75.1 cm³/mol. The van der Waals surface area contributed by atoms with Crippen molar-refractivity contribution in [3.8, 4) is 0 Å². The van der Waals surface area contributed by atoms with Crippen LogP contribution in [-0.2, 0) is 10.0 Å². The van der Waals surface area contributed by atoms with E-state index in [2.05, 4.69) is 0 Å². The second kappa shape index (κ2) is 4.95. The van der Waals surface area contributed by atoms with Gasteiger partial charge in [-0.25, -0.2) is 8.42 Å². The van der Waals surface area contributed by atoms with Crippen molar-refractivity contribution in [1.82, 2.24) is 4.31 Å². The number of nitrogens with two attached hydrogens (primary N) is 1. The Kier molecular flexibility index (Phi) is 3.70. The third-order valence-electron chi connectivity index (χ3n) is 3.14. The highest BCUT2D eigenvalue weighted by molar-refractivity contribution is 7.89. The first-order chi connectivity index (χ1) is 8.43. The Morgan fingerprint density at radius 2 is 1.94 bits per heavy atom. The van der Waals surface area contributed by atoms with E-state index in [4.69, 9.17) is 18.0 Å². The van der Waals surface area contributed by atoms with Crippen molar-refractivity contribution in [2.24, 2.45) is 5.73 Å². The van der Waals surface area contributed by atoms with Crippen LogP contribution in [0.1, 0.15) is 24.0 Å². The monoisotopic (exact) mass is 284 g/mol. The van der Waals surface area contributed by atoms with Crippen molar-refractivity contribution in [3.05, 3.63) is 29.3 Å². The van der Waals surface area contributed by atoms with Gasteiger partial charge in [-0.3, -0.25) is 0 Å². The lowest BCUT2D eigenvalue weighted by Crippen LogP contribution is -2.28. The van der Waals surface area contributed by atoms with Crippen LogP contribution in [0.25, 0.3) is 0 Å². The molecule has 0 bridgehead atoms. The van der Waals surface area contributed by atoms with E-state index in [1.165, 1.54) is 4.31 Å². The second-order valence-electron chi connectivity index (χ2n) is 4.46. The van der Waals surface area contributed by atoms with E-state index in [9.17, 15) is 8.42 Å². The van der Waals surface area contributed by atoms with E-state index in [1.807, 2.05) is 0 Å². The zero-order chi connectivity index (χ0) is 13.3. The smallest absolute Gasteiger partial charge is 0.243 e. The molecular weight excluding hydrogens is 268 g/mol. The maximum Gasteiger partial charge on any atom is 0.243 e. The van der Waals surface area contributed by atoms with Crippen LogP contribution in [0.15, 0.2) is 23.1 Å². The SMILES string of the molecule is Cc1cc(C(N)=S)ccc1S(=O)(=O)N1CCCC1. The topological polar surface area (TPSA) is 63.4 Å². The van der Waals surface area contributed by atoms with Gasteiger partial charge in [0.15, 0.2) is 0 Å². The Balaban J connectivity index is 2.42. The van der Waals surface area contributed by atoms with Crippen LogP contribution in [0.2, 0.25) is 0 Å². The van der Waals surface area contributed by atoms with Crippen LogP contribution in [-0.4, -0.2) is 30.8 Å². The van der Waals surface area contributed by atoms with Crippen molar-refractivity contribution < 1.29 is 8.42 Å². The van der Waals surface area contributed by atoms with Crippen molar-refractivity contribution in [2.45, 2.75) is 24.7 Å². The highest BCUT2D eigenvalue weighted by Gasteiger charge is 2.28. The fraction of sp³-hybridized carbons (Fsp3) is 0.417. The van der Waals surface area contributed by atoms with Crippen molar-refractivity contribution >= 4 is 27.2 Å². The largest absolute Gasteiger partial charge is 0.389 e. The molecule has 1 saturated heterocycles. The number of sulfonamides is 1. The van der Waals surface area contributed by atoms with Gasteiger partial charge in [0.05, 0.1) is 4.90 Å². The van der Waals surface area contributed by atoms with E-state index in [-0.39, 0.29) is 4.99 Å². The third kappa shape index (κ3) is 2.41. The summed E-state index contributed by atoms with van der Waals surface area (Å²) < 4.78 is 26.3. The van der Waals surface area contributed by atoms with E-state index in [0.29, 0.717) is 29.1 Å². The molecule has 4 nitrogen and oxygen atoms in total. The Bertz CT molecular complexity index is 576. The molecule has 1 aromatic carbocycles. The van der Waals surface area contributed by atoms with Gasteiger partial charge in [-0.1, -0.05) is 18.3 Å². The van der Waals surface area contributed by atoms with Gasteiger partial charge in [-0.05, 0) is 37.5 Å². The molecular formula is C12H16N2O2S2. The van der Waals surface area contributed by atoms with Crippen molar-refractivity contribution in [2.75, 3.05) is 13.1 Å². The molecule has 2 N–H and O–H groups in total. The number of hydrogen-bond acceptors (Lipinski definition) is 3. The summed E-state index contributed by atoms with van der Waals surface area (Å²) in [5.74, 6) is 0. The lowest BCUT2D eigenvalue weighted by atomic mass is 10.1. The Morgan fingerprint density at radius 1 is 1.33 bits per heavy atom. The molecule has 1 aliphatic heterocycles. The molecule has 2 rings (SSSR count). The molecule has 98 valence electrons. The van der Waals surface area contributed by atoms with E-state index >= 15 is 0 Å². The maximum atomic E-state index is 12.4. The van der Waals surface area contributed by atoms with E-state index in [1.54, 1.807) is 25.1 Å². The van der Waals surface area contributed by atoms with Gasteiger partial charge >= 0.3 is 0 Å². The highest BCUT2D eigenvalue weighted by atomic mass is 32.2. The molecule has 0 aromatic heterocycles. The Morgan fingerprint density at radius 3 is 2.44 bits per heavy atom. The molecule has 0 spiro atoms. The van der Waals surface area contributed by atoms with Gasteiger partial charge in [0, 0.05) is 18.7 Å². The van der Waals surface area contributed by atoms with Crippen molar-refractivity contribution in [3.63, 3.8) is 0 Å². The summed E-state index contributed by atoms with van der Waals surface area (Å²) in [6.45, 7) is 2.99. The standard InChI is InChI=1S/C12H16N2O2S2/c1-9-8-10(12(13)17)4-5-11(9)18(15,16)14-6-2-3-7-14/h4-5,8H,2-3,6-7H2,1H3,(H2,13,17). The van der Waals surface area contributed by atoms with E-state index < -0.39 is 10.0 Å². The molecule has 0 amide bonds. The summed E-state index contributed by atoms with van der Waals surface area (Å²) in [5.41, 5.74) is 6.92. The minimum absolute atomic E-state index is 0.281. The molecule has 1 heterocycles. The van der Waals surface area contributed by atoms with E-state index in [0.717, 1.165) is 12.8 Å². The summed E-state index contributed by atoms with van der Waals surface area (Å²) >= 11 is 4.88. The third-order valence-corrected chi connectivity index (χ3v) is 5.44. The van der Waals surface area contributed by atoms with Crippen LogP contribution >= 0.6 is 12.2 Å². The first-order valence-corrected chi connectivity index (χ1v) is 7.68. The molecule has 18 heavy (non-hydrogen) atoms. The number of nitrogens with zero attached hydrogens (tertiary/aromatic N) is 1. The number of hydrogen-bond donors (Lipinski definition) is 1. The first-order valence-electron chi connectivity index (χ1n) is 5.83. The minimum Gasteiger partial charge on any atom is -0.389 e. The Labute approximate surface area is 113 Å². The maximum absolute atomic E-state index is 12.4. The zero-order valence-corrected chi connectivity index (χ0v) is 11.9. The molecule has 0 radical (unpaired) electrons. The molecule has 0 saturated carbocycles. The highest BCUT2D eigenvalue weighted by Crippen LogP contribution is 2.24. The fourth-order valence-electron chi connectivity index (χ4n) is 2.16. The van der Waals surface area contributed by atoms with Gasteiger partial charge in [0.1, 0.15) is 4.99 Å². The number of benzene rings is 1. The van der Waals surface area contributed by atoms with Crippen LogP contribution in [0.4, 0.5) is 0 Å². The first kappa shape index (κ1) is 13.5. The van der Waals surface area contributed by atoms with Gasteiger partial charge < -0.3 is 5.73 Å². The molecule has 0 unspecified atom stereocenters. The second-order valence-corrected chi connectivity index (χ2v) is 6.80. The predicted octanol–water partition coefficient (Wildman–Crippen LogP) is 1.41. The molecule has 1 fully saturated rings. The lowest BCUT2D eigenvalue weighted by Gasteiger charge is -2.17. The molecule has 1 aromatic rings. The minimum atomic E-state index is -3.36. The zero-order valence-electron chi connectivity index (χ0n) is 10.2. The summed E-state index contributed by atoms with van der Waals surface area (Å²) in [6.07, 6.45) is 1.87. The fourth-order valence-corrected chi connectivity index (χ4v) is 4.01. The van der Waals surface area contributed by atoms with Gasteiger partial charge in [-0.2, -0.15) is 4.31 Å². The summed E-state index contributed by atoms with van der Waals surface area (Å²) in [7, 11) is -3.36. The normalized spacial score (nSPS) is 16.9.